The largest absolute Gasteiger partial charge is 0.451 e. The number of carbonyl (C=O) groups excluding carboxylic acids is 1. The molecule has 0 N–H and O–H groups in total. The quantitative estimate of drug-likeness (QED) is 0.448. The van der Waals surface area contributed by atoms with E-state index in [1.807, 2.05) is 13.8 Å². The lowest BCUT2D eigenvalue weighted by Gasteiger charge is -2.39. The normalized spacial score (nSPS) is 25.7. The van der Waals surface area contributed by atoms with E-state index >= 15 is 0 Å². The van der Waals surface area contributed by atoms with Crippen molar-refractivity contribution in [2.24, 2.45) is 5.41 Å². The third-order valence-electron chi connectivity index (χ3n) is 2.25. The minimum Gasteiger partial charge on any atom is -0.451 e. The van der Waals surface area contributed by atoms with Crippen LogP contribution < -0.4 is 0 Å². The Balaban J connectivity index is 2.58. The molecule has 0 aromatic carbocycles. The fourth-order valence-electron chi connectivity index (χ4n) is 1.16. The molecule has 1 aliphatic heterocycles. The van der Waals surface area contributed by atoms with Crippen LogP contribution in [0.2, 0.25) is 0 Å². The van der Waals surface area contributed by atoms with E-state index in [2.05, 4.69) is 12.6 Å². The van der Waals surface area contributed by atoms with Gasteiger partial charge >= 0.3 is 5.97 Å². The van der Waals surface area contributed by atoms with Gasteiger partial charge in [0.05, 0.1) is 13.2 Å². The Morgan fingerprint density at radius 2 is 1.80 bits per heavy atom. The van der Waals surface area contributed by atoms with E-state index in [4.69, 9.17) is 14.2 Å². The fraction of sp³-hybridized carbons (Fsp3) is 0.900. The summed E-state index contributed by atoms with van der Waals surface area (Å²) in [4.78, 5) is 11.7. The number of ether oxygens (including phenoxy) is 3. The summed E-state index contributed by atoms with van der Waals surface area (Å²) in [6.07, 6.45) is 0. The smallest absolute Gasteiger partial charge is 0.317 e. The Hall–Kier alpha value is -0.260. The molecule has 4 nitrogen and oxygen atoms in total. The van der Waals surface area contributed by atoms with Crippen molar-refractivity contribution < 1.29 is 19.0 Å². The van der Waals surface area contributed by atoms with Gasteiger partial charge in [0.15, 0.2) is 5.79 Å². The van der Waals surface area contributed by atoms with Gasteiger partial charge in [0.25, 0.3) is 0 Å². The van der Waals surface area contributed by atoms with Crippen molar-refractivity contribution in [2.75, 3.05) is 13.2 Å². The average Bonchev–Trinajstić information content (AvgIpc) is 2.09. The summed E-state index contributed by atoms with van der Waals surface area (Å²) in [5.74, 6) is -0.952. The molecule has 1 saturated heterocycles. The van der Waals surface area contributed by atoms with Crippen molar-refractivity contribution in [3.05, 3.63) is 0 Å². The van der Waals surface area contributed by atoms with Crippen LogP contribution in [0.3, 0.4) is 0 Å². The molecular formula is C10H18O4S. The maximum Gasteiger partial charge on any atom is 0.317 e. The Bertz CT molecular complexity index is 240. The van der Waals surface area contributed by atoms with Gasteiger partial charge in [-0.3, -0.25) is 4.79 Å². The minimum absolute atomic E-state index is 0.305. The first-order valence-corrected chi connectivity index (χ1v) is 5.44. The van der Waals surface area contributed by atoms with Crippen LogP contribution in [0.4, 0.5) is 0 Å². The molecule has 15 heavy (non-hydrogen) atoms. The summed E-state index contributed by atoms with van der Waals surface area (Å²) in [6.45, 7) is 7.70. The van der Waals surface area contributed by atoms with Crippen LogP contribution in [0, 0.1) is 5.41 Å². The number of hydrogen-bond acceptors (Lipinski definition) is 5. The van der Waals surface area contributed by atoms with E-state index in [-0.39, 0.29) is 5.97 Å². The fourth-order valence-corrected chi connectivity index (χ4v) is 1.26. The van der Waals surface area contributed by atoms with Crippen molar-refractivity contribution in [3.8, 4) is 0 Å². The van der Waals surface area contributed by atoms with Gasteiger partial charge in [-0.25, -0.2) is 0 Å². The third-order valence-corrected chi connectivity index (χ3v) is 2.35. The molecule has 5 heteroatoms. The predicted octanol–water partition coefficient (Wildman–Crippen LogP) is 1.59. The number of esters is 1. The van der Waals surface area contributed by atoms with E-state index in [0.29, 0.717) is 13.2 Å². The molecule has 0 aromatic rings. The summed E-state index contributed by atoms with van der Waals surface area (Å²) in [5.41, 5.74) is -1.14. The summed E-state index contributed by atoms with van der Waals surface area (Å²) >= 11 is 4.00. The van der Waals surface area contributed by atoms with E-state index in [9.17, 15) is 4.79 Å². The molecule has 0 radical (unpaired) electrons. The highest BCUT2D eigenvalue weighted by Gasteiger charge is 2.43. The van der Waals surface area contributed by atoms with Gasteiger partial charge < -0.3 is 14.2 Å². The molecular weight excluding hydrogens is 216 g/mol. The second-order valence-corrected chi connectivity index (χ2v) is 5.27. The average molecular weight is 234 g/mol. The van der Waals surface area contributed by atoms with Crippen LogP contribution in [0.5, 0.6) is 0 Å². The lowest BCUT2D eigenvalue weighted by atomic mass is 9.92. The molecule has 1 rings (SSSR count). The monoisotopic (exact) mass is 234 g/mol. The van der Waals surface area contributed by atoms with Crippen LogP contribution in [0.15, 0.2) is 0 Å². The van der Waals surface area contributed by atoms with E-state index in [1.54, 1.807) is 13.8 Å². The predicted molar refractivity (Wildman–Crippen MR) is 58.6 cm³/mol. The van der Waals surface area contributed by atoms with Crippen LogP contribution in [0.1, 0.15) is 27.7 Å². The van der Waals surface area contributed by atoms with Gasteiger partial charge in [-0.2, -0.15) is 0 Å². The summed E-state index contributed by atoms with van der Waals surface area (Å²) in [6, 6.07) is 0. The topological polar surface area (TPSA) is 44.8 Å². The molecule has 0 aromatic heterocycles. The summed E-state index contributed by atoms with van der Waals surface area (Å²) in [5, 5.41) is 0. The Kier molecular flexibility index (Phi) is 3.68. The van der Waals surface area contributed by atoms with Crippen LogP contribution in [-0.2, 0) is 19.0 Å². The minimum atomic E-state index is -0.730. The molecule has 1 fully saturated rings. The van der Waals surface area contributed by atoms with Crippen molar-refractivity contribution in [1.29, 1.82) is 0 Å². The van der Waals surface area contributed by atoms with Crippen LogP contribution in [-0.4, -0.2) is 30.4 Å². The second kappa shape index (κ2) is 4.31. The molecule has 0 saturated carbocycles. The highest BCUT2D eigenvalue weighted by molar-refractivity contribution is 7.80. The second-order valence-electron chi connectivity index (χ2n) is 4.54. The van der Waals surface area contributed by atoms with Gasteiger partial charge in [-0.05, 0) is 27.7 Å². The zero-order chi connectivity index (χ0) is 11.7. The summed E-state index contributed by atoms with van der Waals surface area (Å²) in [7, 11) is 0. The zero-order valence-corrected chi connectivity index (χ0v) is 10.5. The Labute approximate surface area is 95.7 Å². The maximum atomic E-state index is 11.7. The van der Waals surface area contributed by atoms with Gasteiger partial charge in [-0.1, -0.05) is 0 Å². The highest BCUT2D eigenvalue weighted by atomic mass is 32.1. The first kappa shape index (κ1) is 12.8. The zero-order valence-electron chi connectivity index (χ0n) is 9.57. The molecule has 0 aliphatic carbocycles. The van der Waals surface area contributed by atoms with Gasteiger partial charge in [-0.15, -0.1) is 12.6 Å². The number of rotatable bonds is 2. The Morgan fingerprint density at radius 3 is 2.20 bits per heavy atom. The first-order valence-electron chi connectivity index (χ1n) is 4.92. The molecule has 1 aliphatic rings. The van der Waals surface area contributed by atoms with Crippen molar-refractivity contribution >= 4 is 18.6 Å². The molecule has 0 amide bonds. The van der Waals surface area contributed by atoms with Gasteiger partial charge in [0.2, 0.25) is 0 Å². The lowest BCUT2D eigenvalue weighted by molar-refractivity contribution is -0.281. The molecule has 1 heterocycles. The molecule has 1 atom stereocenters. The SMILES string of the molecule is CC(S)OC(=O)C1(C)COC(C)(C)OC1. The van der Waals surface area contributed by atoms with E-state index in [0.717, 1.165) is 0 Å². The first-order chi connectivity index (χ1) is 6.75. The maximum absolute atomic E-state index is 11.7. The van der Waals surface area contributed by atoms with Crippen LogP contribution >= 0.6 is 12.6 Å². The van der Waals surface area contributed by atoms with Crippen molar-refractivity contribution in [3.63, 3.8) is 0 Å². The molecule has 1 unspecified atom stereocenters. The summed E-state index contributed by atoms with van der Waals surface area (Å²) < 4.78 is 15.9. The lowest BCUT2D eigenvalue weighted by Crippen LogP contribution is -2.49. The van der Waals surface area contributed by atoms with Gasteiger partial charge in [0, 0.05) is 0 Å². The van der Waals surface area contributed by atoms with E-state index < -0.39 is 16.6 Å². The number of thiol groups is 1. The van der Waals surface area contributed by atoms with Crippen molar-refractivity contribution in [1.82, 2.24) is 0 Å². The Morgan fingerprint density at radius 1 is 1.33 bits per heavy atom. The van der Waals surface area contributed by atoms with E-state index in [1.165, 1.54) is 0 Å². The molecule has 0 spiro atoms. The van der Waals surface area contributed by atoms with Crippen LogP contribution in [0.25, 0.3) is 0 Å². The van der Waals surface area contributed by atoms with Gasteiger partial charge in [0.1, 0.15) is 10.9 Å². The highest BCUT2D eigenvalue weighted by Crippen LogP contribution is 2.30. The number of hydrogen-bond donors (Lipinski definition) is 1. The standard InChI is InChI=1S/C10H18O4S/c1-7(15)14-8(11)10(4)5-12-9(2,3)13-6-10/h7,15H,5-6H2,1-4H3. The third kappa shape index (κ3) is 3.36. The van der Waals surface area contributed by atoms with Crippen molar-refractivity contribution in [2.45, 2.75) is 38.9 Å². The molecule has 0 bridgehead atoms. The molecule has 88 valence electrons. The number of carbonyl (C=O) groups is 1.